The molecule has 0 unspecified atom stereocenters. The molecule has 28 heavy (non-hydrogen) atoms. The number of esters is 1. The summed E-state index contributed by atoms with van der Waals surface area (Å²) in [5, 5.41) is 14.4. The largest absolute Gasteiger partial charge is 0.462 e. The standard InChI is InChI=1S/C19H21N3O5S/c1-3-27-19(24)17-13-8-9-21(2)11-15(13)28-18(17)20-16(23)10-12-6-4-5-7-14(12)22(25)26/h4-7H,3,8-11H2,1-2H3,(H,20,23). The average Bonchev–Trinajstić information content (AvgIpc) is 2.98. The van der Waals surface area contributed by atoms with Gasteiger partial charge in [0.1, 0.15) is 5.00 Å². The molecule has 0 saturated carbocycles. The first-order valence-corrected chi connectivity index (χ1v) is 9.74. The highest BCUT2D eigenvalue weighted by atomic mass is 32.1. The van der Waals surface area contributed by atoms with E-state index in [-0.39, 0.29) is 18.7 Å². The summed E-state index contributed by atoms with van der Waals surface area (Å²) in [4.78, 5) is 38.9. The molecule has 1 aliphatic heterocycles. The SMILES string of the molecule is CCOC(=O)c1c(NC(=O)Cc2ccccc2[N+](=O)[O-])sc2c1CCN(C)C2. The van der Waals surface area contributed by atoms with Crippen LogP contribution in [-0.2, 0) is 28.9 Å². The van der Waals surface area contributed by atoms with E-state index in [4.69, 9.17) is 4.74 Å². The molecule has 148 valence electrons. The van der Waals surface area contributed by atoms with Gasteiger partial charge in [-0.2, -0.15) is 0 Å². The Morgan fingerprint density at radius 1 is 1.36 bits per heavy atom. The highest BCUT2D eigenvalue weighted by Gasteiger charge is 2.29. The molecule has 0 atom stereocenters. The summed E-state index contributed by atoms with van der Waals surface area (Å²) in [5.74, 6) is -0.864. The third-order valence-corrected chi connectivity index (χ3v) is 5.65. The van der Waals surface area contributed by atoms with Crippen LogP contribution in [0.15, 0.2) is 24.3 Å². The molecule has 8 nitrogen and oxygen atoms in total. The summed E-state index contributed by atoms with van der Waals surface area (Å²) in [6.45, 7) is 3.50. The average molecular weight is 403 g/mol. The Morgan fingerprint density at radius 2 is 2.11 bits per heavy atom. The van der Waals surface area contributed by atoms with Gasteiger partial charge < -0.3 is 15.0 Å². The van der Waals surface area contributed by atoms with Crippen molar-refractivity contribution in [3.05, 3.63) is 55.9 Å². The number of anilines is 1. The second-order valence-corrected chi connectivity index (χ2v) is 7.63. The number of amides is 1. The first kappa shape index (κ1) is 20.0. The third-order valence-electron chi connectivity index (χ3n) is 4.52. The number of rotatable bonds is 6. The van der Waals surface area contributed by atoms with Crippen LogP contribution in [-0.4, -0.2) is 41.9 Å². The highest BCUT2D eigenvalue weighted by molar-refractivity contribution is 7.17. The molecule has 9 heteroatoms. The number of nitro benzene ring substituents is 1. The topological polar surface area (TPSA) is 102 Å². The number of benzene rings is 1. The Hall–Kier alpha value is -2.78. The summed E-state index contributed by atoms with van der Waals surface area (Å²) >= 11 is 1.36. The fourth-order valence-corrected chi connectivity index (χ4v) is 4.55. The molecule has 2 heterocycles. The normalized spacial score (nSPS) is 13.6. The smallest absolute Gasteiger partial charge is 0.341 e. The van der Waals surface area contributed by atoms with Crippen LogP contribution in [0.2, 0.25) is 0 Å². The first-order valence-electron chi connectivity index (χ1n) is 8.93. The molecule has 1 aliphatic rings. The Kier molecular flexibility index (Phi) is 6.05. The summed E-state index contributed by atoms with van der Waals surface area (Å²) in [6.07, 6.45) is 0.554. The zero-order valence-electron chi connectivity index (χ0n) is 15.7. The van der Waals surface area contributed by atoms with E-state index in [2.05, 4.69) is 10.2 Å². The molecule has 0 bridgehead atoms. The maximum Gasteiger partial charge on any atom is 0.341 e. The predicted molar refractivity (Wildman–Crippen MR) is 106 cm³/mol. The van der Waals surface area contributed by atoms with Crippen molar-refractivity contribution in [3.8, 4) is 0 Å². The number of carbonyl (C=O) groups is 2. The number of nitrogens with zero attached hydrogens (tertiary/aromatic N) is 2. The summed E-state index contributed by atoms with van der Waals surface area (Å²) in [5.41, 5.74) is 1.55. The van der Waals surface area contributed by atoms with E-state index in [1.54, 1.807) is 25.1 Å². The minimum Gasteiger partial charge on any atom is -0.462 e. The lowest BCUT2D eigenvalue weighted by atomic mass is 10.0. The Bertz CT molecular complexity index is 924. The molecule has 0 aliphatic carbocycles. The van der Waals surface area contributed by atoms with Gasteiger partial charge in [0.2, 0.25) is 5.91 Å². The van der Waals surface area contributed by atoms with Crippen LogP contribution < -0.4 is 5.32 Å². The van der Waals surface area contributed by atoms with E-state index < -0.39 is 16.8 Å². The number of likely N-dealkylation sites (N-methyl/N-ethyl adjacent to an activating group) is 1. The van der Waals surface area contributed by atoms with E-state index in [0.29, 0.717) is 29.1 Å². The van der Waals surface area contributed by atoms with E-state index in [1.807, 2.05) is 7.05 Å². The second-order valence-electron chi connectivity index (χ2n) is 6.53. The quantitative estimate of drug-likeness (QED) is 0.452. The van der Waals surface area contributed by atoms with E-state index in [9.17, 15) is 19.7 Å². The van der Waals surface area contributed by atoms with Gasteiger partial charge in [0.05, 0.1) is 23.5 Å². The fourth-order valence-electron chi connectivity index (χ4n) is 3.22. The second kappa shape index (κ2) is 8.49. The van der Waals surface area contributed by atoms with Gasteiger partial charge in [0.15, 0.2) is 0 Å². The van der Waals surface area contributed by atoms with Crippen LogP contribution in [0.1, 0.15) is 33.3 Å². The van der Waals surface area contributed by atoms with Crippen LogP contribution >= 0.6 is 11.3 Å². The van der Waals surface area contributed by atoms with Crippen molar-refractivity contribution in [2.24, 2.45) is 0 Å². The molecular formula is C19H21N3O5S. The lowest BCUT2D eigenvalue weighted by Crippen LogP contribution is -2.26. The Morgan fingerprint density at radius 3 is 2.82 bits per heavy atom. The van der Waals surface area contributed by atoms with Gasteiger partial charge in [-0.05, 0) is 26.0 Å². The van der Waals surface area contributed by atoms with Gasteiger partial charge >= 0.3 is 5.97 Å². The van der Waals surface area contributed by atoms with E-state index in [1.165, 1.54) is 17.4 Å². The Balaban J connectivity index is 1.86. The summed E-state index contributed by atoms with van der Waals surface area (Å²) in [6, 6.07) is 6.13. The van der Waals surface area contributed by atoms with Crippen LogP contribution in [0.3, 0.4) is 0 Å². The summed E-state index contributed by atoms with van der Waals surface area (Å²) in [7, 11) is 2.00. The number of hydrogen-bond donors (Lipinski definition) is 1. The molecule has 1 amide bonds. The van der Waals surface area contributed by atoms with Crippen molar-refractivity contribution in [2.45, 2.75) is 26.3 Å². The van der Waals surface area contributed by atoms with Crippen molar-refractivity contribution in [1.82, 2.24) is 4.90 Å². The number of hydrogen-bond acceptors (Lipinski definition) is 7. The number of ether oxygens (including phenoxy) is 1. The molecule has 0 saturated heterocycles. The number of thiophene rings is 1. The van der Waals surface area contributed by atoms with Crippen molar-refractivity contribution in [1.29, 1.82) is 0 Å². The van der Waals surface area contributed by atoms with Crippen molar-refractivity contribution >= 4 is 33.9 Å². The third kappa shape index (κ3) is 4.20. The monoisotopic (exact) mass is 403 g/mol. The van der Waals surface area contributed by atoms with Gasteiger partial charge in [0, 0.05) is 29.6 Å². The lowest BCUT2D eigenvalue weighted by Gasteiger charge is -2.22. The molecule has 1 N–H and O–H groups in total. The molecule has 3 rings (SSSR count). The first-order chi connectivity index (χ1) is 13.4. The van der Waals surface area contributed by atoms with Crippen molar-refractivity contribution < 1.29 is 19.2 Å². The van der Waals surface area contributed by atoms with E-state index in [0.717, 1.165) is 17.0 Å². The van der Waals surface area contributed by atoms with E-state index >= 15 is 0 Å². The van der Waals surface area contributed by atoms with Gasteiger partial charge in [-0.1, -0.05) is 18.2 Å². The molecule has 0 radical (unpaired) electrons. The van der Waals surface area contributed by atoms with Crippen LogP contribution in [0.25, 0.3) is 0 Å². The highest BCUT2D eigenvalue weighted by Crippen LogP contribution is 2.37. The zero-order chi connectivity index (χ0) is 20.3. The fraction of sp³-hybridized carbons (Fsp3) is 0.368. The lowest BCUT2D eigenvalue weighted by molar-refractivity contribution is -0.385. The molecule has 1 aromatic heterocycles. The van der Waals surface area contributed by atoms with Gasteiger partial charge in [-0.3, -0.25) is 14.9 Å². The van der Waals surface area contributed by atoms with Crippen molar-refractivity contribution in [3.63, 3.8) is 0 Å². The van der Waals surface area contributed by atoms with Gasteiger partial charge in [-0.25, -0.2) is 4.79 Å². The number of nitrogens with one attached hydrogen (secondary N) is 1. The molecule has 0 spiro atoms. The number of para-hydroxylation sites is 1. The minimum absolute atomic E-state index is 0.102. The van der Waals surface area contributed by atoms with Crippen LogP contribution in [0.5, 0.6) is 0 Å². The number of carbonyl (C=O) groups excluding carboxylic acids is 2. The predicted octanol–water partition coefficient (Wildman–Crippen LogP) is 3.00. The number of nitro groups is 1. The molecule has 0 fully saturated rings. The molecule has 1 aromatic carbocycles. The van der Waals surface area contributed by atoms with Crippen LogP contribution in [0.4, 0.5) is 10.7 Å². The maximum atomic E-state index is 12.6. The minimum atomic E-state index is -0.508. The molecule has 2 aromatic rings. The van der Waals surface area contributed by atoms with Gasteiger partial charge in [0.25, 0.3) is 5.69 Å². The summed E-state index contributed by atoms with van der Waals surface area (Å²) < 4.78 is 5.18. The zero-order valence-corrected chi connectivity index (χ0v) is 16.5. The number of fused-ring (bicyclic) bond motifs is 1. The maximum absolute atomic E-state index is 12.6. The van der Waals surface area contributed by atoms with Crippen LogP contribution in [0, 0.1) is 10.1 Å². The van der Waals surface area contributed by atoms with Crippen molar-refractivity contribution in [2.75, 3.05) is 25.5 Å². The molecular weight excluding hydrogens is 382 g/mol. The Labute approximate surface area is 166 Å². The van der Waals surface area contributed by atoms with Gasteiger partial charge in [-0.15, -0.1) is 11.3 Å².